The Balaban J connectivity index is 1.23. The fraction of sp³-hybridized carbons (Fsp3) is 0.567. The topological polar surface area (TPSA) is 116 Å². The van der Waals surface area contributed by atoms with Crippen molar-refractivity contribution in [1.82, 2.24) is 5.32 Å². The van der Waals surface area contributed by atoms with E-state index in [1.165, 1.54) is 38.2 Å². The SMILES string of the molecule is CC(Cc1cccc(C(C(N)=O)C2C3CC4CC(C3)CC2C4)c1)NCC(O)c1ccc(O)c(CO)c1. The van der Waals surface area contributed by atoms with Gasteiger partial charge in [-0.3, -0.25) is 4.79 Å². The molecule has 0 aliphatic heterocycles. The van der Waals surface area contributed by atoms with Crippen LogP contribution >= 0.6 is 0 Å². The maximum atomic E-state index is 12.8. The lowest BCUT2D eigenvalue weighted by atomic mass is 9.49. The summed E-state index contributed by atoms with van der Waals surface area (Å²) in [5.74, 6) is 3.01. The number of nitrogens with one attached hydrogen (secondary N) is 1. The van der Waals surface area contributed by atoms with Gasteiger partial charge in [-0.05, 0) is 104 Å². The van der Waals surface area contributed by atoms with Crippen LogP contribution in [0.4, 0.5) is 0 Å². The largest absolute Gasteiger partial charge is 0.508 e. The smallest absolute Gasteiger partial charge is 0.225 e. The van der Waals surface area contributed by atoms with Crippen LogP contribution in [0.15, 0.2) is 42.5 Å². The van der Waals surface area contributed by atoms with E-state index < -0.39 is 6.10 Å². The van der Waals surface area contributed by atoms with Gasteiger partial charge < -0.3 is 26.4 Å². The van der Waals surface area contributed by atoms with E-state index in [2.05, 4.69) is 30.4 Å². The molecule has 3 unspecified atom stereocenters. The Hall–Kier alpha value is -2.41. The van der Waals surface area contributed by atoms with Gasteiger partial charge in [0.25, 0.3) is 0 Å². The van der Waals surface area contributed by atoms with Crippen molar-refractivity contribution in [3.8, 4) is 5.75 Å². The highest BCUT2D eigenvalue weighted by Crippen LogP contribution is 2.59. The first kappa shape index (κ1) is 25.2. The molecule has 6 heteroatoms. The van der Waals surface area contributed by atoms with Gasteiger partial charge in [-0.15, -0.1) is 0 Å². The molecule has 0 saturated heterocycles. The second-order valence-corrected chi connectivity index (χ2v) is 11.7. The molecule has 4 aliphatic carbocycles. The first-order valence-corrected chi connectivity index (χ1v) is 13.5. The molecule has 6 N–H and O–H groups in total. The van der Waals surface area contributed by atoms with Gasteiger partial charge in [0.15, 0.2) is 0 Å². The third kappa shape index (κ3) is 5.17. The van der Waals surface area contributed by atoms with Gasteiger partial charge in [-0.25, -0.2) is 0 Å². The van der Waals surface area contributed by atoms with Crippen molar-refractivity contribution in [3.05, 3.63) is 64.7 Å². The Morgan fingerprint density at radius 1 is 1.03 bits per heavy atom. The van der Waals surface area contributed by atoms with Gasteiger partial charge in [-0.1, -0.05) is 30.3 Å². The molecule has 4 bridgehead atoms. The maximum Gasteiger partial charge on any atom is 0.225 e. The van der Waals surface area contributed by atoms with Crippen molar-refractivity contribution < 1.29 is 20.1 Å². The van der Waals surface area contributed by atoms with Gasteiger partial charge in [0, 0.05) is 18.2 Å². The standard InChI is InChI=1S/C30H40N2O4/c1-17(32-15-27(35)21-5-6-26(34)25(14-21)16-33)7-18-3-2-4-22(9-18)29(30(31)36)28-23-10-19-8-20(12-23)13-24(28)11-19/h2-6,9,14,17,19-20,23-24,27-29,32-35H,7-8,10-13,15-16H2,1H3,(H2,31,36). The summed E-state index contributed by atoms with van der Waals surface area (Å²) in [5, 5.41) is 33.1. The molecule has 0 heterocycles. The number of primary amides is 1. The molecule has 4 aliphatic rings. The summed E-state index contributed by atoms with van der Waals surface area (Å²) < 4.78 is 0. The average Bonchev–Trinajstić information content (AvgIpc) is 2.84. The lowest BCUT2D eigenvalue weighted by molar-refractivity contribution is -0.126. The summed E-state index contributed by atoms with van der Waals surface area (Å²) in [4.78, 5) is 12.8. The number of amides is 1. The molecule has 194 valence electrons. The number of carbonyl (C=O) groups is 1. The maximum absolute atomic E-state index is 12.8. The minimum Gasteiger partial charge on any atom is -0.508 e. The number of aliphatic hydroxyl groups is 2. The normalized spacial score (nSPS) is 29.1. The van der Waals surface area contributed by atoms with Crippen molar-refractivity contribution in [1.29, 1.82) is 0 Å². The van der Waals surface area contributed by atoms with Crippen molar-refractivity contribution in [2.75, 3.05) is 6.54 Å². The van der Waals surface area contributed by atoms with Crippen LogP contribution in [0.2, 0.25) is 0 Å². The number of hydrogen-bond acceptors (Lipinski definition) is 5. The number of phenols is 1. The van der Waals surface area contributed by atoms with E-state index in [9.17, 15) is 20.1 Å². The van der Waals surface area contributed by atoms with E-state index in [-0.39, 0.29) is 30.2 Å². The van der Waals surface area contributed by atoms with Crippen molar-refractivity contribution in [2.45, 2.75) is 70.1 Å². The molecular formula is C30H40N2O4. The number of benzene rings is 2. The lowest BCUT2D eigenvalue weighted by Crippen LogP contribution is -2.49. The van der Waals surface area contributed by atoms with E-state index in [1.807, 2.05) is 6.07 Å². The van der Waals surface area contributed by atoms with Crippen LogP contribution in [0.1, 0.15) is 73.3 Å². The van der Waals surface area contributed by atoms with Crippen LogP contribution < -0.4 is 11.1 Å². The summed E-state index contributed by atoms with van der Waals surface area (Å²) in [7, 11) is 0. The molecular weight excluding hydrogens is 452 g/mol. The average molecular weight is 493 g/mol. The first-order chi connectivity index (χ1) is 17.3. The summed E-state index contributed by atoms with van der Waals surface area (Å²) in [5.41, 5.74) is 9.33. The summed E-state index contributed by atoms with van der Waals surface area (Å²) >= 11 is 0. The molecule has 1 amide bonds. The molecule has 2 aromatic carbocycles. The van der Waals surface area contributed by atoms with Gasteiger partial charge in [-0.2, -0.15) is 0 Å². The van der Waals surface area contributed by atoms with Crippen LogP contribution in [-0.4, -0.2) is 33.8 Å². The van der Waals surface area contributed by atoms with E-state index >= 15 is 0 Å². The van der Waals surface area contributed by atoms with Gasteiger partial charge in [0.05, 0.1) is 18.6 Å². The molecule has 0 radical (unpaired) electrons. The van der Waals surface area contributed by atoms with Gasteiger partial charge >= 0.3 is 0 Å². The van der Waals surface area contributed by atoms with Crippen LogP contribution in [0.5, 0.6) is 5.75 Å². The number of nitrogens with two attached hydrogens (primary N) is 1. The van der Waals surface area contributed by atoms with Crippen LogP contribution in [0, 0.1) is 29.6 Å². The monoisotopic (exact) mass is 492 g/mol. The molecule has 36 heavy (non-hydrogen) atoms. The third-order valence-electron chi connectivity index (χ3n) is 9.16. The second kappa shape index (κ2) is 10.5. The Morgan fingerprint density at radius 3 is 2.36 bits per heavy atom. The molecule has 6 rings (SSSR count). The Morgan fingerprint density at radius 2 is 1.72 bits per heavy atom. The highest BCUT2D eigenvalue weighted by Gasteiger charge is 2.51. The van der Waals surface area contributed by atoms with Gasteiger partial charge in [0.1, 0.15) is 5.75 Å². The molecule has 4 fully saturated rings. The van der Waals surface area contributed by atoms with E-state index in [1.54, 1.807) is 12.1 Å². The fourth-order valence-corrected chi connectivity index (χ4v) is 7.80. The Bertz CT molecular complexity index is 1060. The highest BCUT2D eigenvalue weighted by atomic mass is 16.3. The Labute approximate surface area is 213 Å². The zero-order valence-electron chi connectivity index (χ0n) is 21.1. The zero-order chi connectivity index (χ0) is 25.4. The van der Waals surface area contributed by atoms with E-state index in [0.717, 1.165) is 29.4 Å². The van der Waals surface area contributed by atoms with Gasteiger partial charge in [0.2, 0.25) is 5.91 Å². The number of carbonyl (C=O) groups excluding carboxylic acids is 1. The predicted molar refractivity (Wildman–Crippen MR) is 139 cm³/mol. The minimum atomic E-state index is -0.749. The first-order valence-electron chi connectivity index (χ1n) is 13.5. The molecule has 6 nitrogen and oxygen atoms in total. The predicted octanol–water partition coefficient (Wildman–Crippen LogP) is 3.78. The second-order valence-electron chi connectivity index (χ2n) is 11.7. The molecule has 0 aromatic heterocycles. The minimum absolute atomic E-state index is 0.0255. The van der Waals surface area contributed by atoms with Crippen molar-refractivity contribution >= 4 is 5.91 Å². The quantitative estimate of drug-likeness (QED) is 0.346. The number of rotatable bonds is 10. The number of hydrogen-bond donors (Lipinski definition) is 5. The fourth-order valence-electron chi connectivity index (χ4n) is 7.80. The lowest BCUT2D eigenvalue weighted by Gasteiger charge is -2.56. The summed E-state index contributed by atoms with van der Waals surface area (Å²) in [6, 6.07) is 13.3. The van der Waals surface area contributed by atoms with Crippen molar-refractivity contribution in [3.63, 3.8) is 0 Å². The van der Waals surface area contributed by atoms with Crippen LogP contribution in [0.25, 0.3) is 0 Å². The zero-order valence-corrected chi connectivity index (χ0v) is 21.1. The Kier molecular flexibility index (Phi) is 7.38. The molecule has 0 spiro atoms. The third-order valence-corrected chi connectivity index (χ3v) is 9.16. The number of aromatic hydroxyl groups is 1. The molecule has 2 aromatic rings. The van der Waals surface area contributed by atoms with Crippen molar-refractivity contribution in [2.24, 2.45) is 35.3 Å². The molecule has 3 atom stereocenters. The van der Waals surface area contributed by atoms with Crippen LogP contribution in [0.3, 0.4) is 0 Å². The summed E-state index contributed by atoms with van der Waals surface area (Å²) in [6.07, 6.45) is 6.49. The van der Waals surface area contributed by atoms with E-state index in [0.29, 0.717) is 35.4 Å². The van der Waals surface area contributed by atoms with E-state index in [4.69, 9.17) is 5.73 Å². The van der Waals surface area contributed by atoms with Crippen LogP contribution in [-0.2, 0) is 17.8 Å². The molecule has 4 saturated carbocycles. The highest BCUT2D eigenvalue weighted by molar-refractivity contribution is 5.82. The summed E-state index contributed by atoms with van der Waals surface area (Å²) in [6.45, 7) is 2.16. The number of aliphatic hydroxyl groups excluding tert-OH is 2.